The second-order valence-corrected chi connectivity index (χ2v) is 7.65. The van der Waals surface area contributed by atoms with Crippen LogP contribution in [0.5, 0.6) is 0 Å². The number of carbonyl (C=O) groups is 1. The molecule has 0 unspecified atom stereocenters. The van der Waals surface area contributed by atoms with Crippen molar-refractivity contribution < 1.29 is 9.53 Å². The van der Waals surface area contributed by atoms with Crippen molar-refractivity contribution in [2.24, 2.45) is 0 Å². The molecule has 0 atom stereocenters. The van der Waals surface area contributed by atoms with E-state index in [1.165, 1.54) is 33.4 Å². The first-order valence-electron chi connectivity index (χ1n) is 9.96. The van der Waals surface area contributed by atoms with Crippen molar-refractivity contribution in [3.8, 4) is 0 Å². The molecule has 1 aliphatic heterocycles. The second-order valence-electron chi connectivity index (χ2n) is 7.21. The van der Waals surface area contributed by atoms with Crippen molar-refractivity contribution in [1.29, 1.82) is 0 Å². The average Bonchev–Trinajstić information content (AvgIpc) is 2.83. The van der Waals surface area contributed by atoms with Crippen molar-refractivity contribution in [1.82, 2.24) is 4.90 Å². The molecular weight excluding hydrogens is 370 g/mol. The lowest BCUT2D eigenvalue weighted by molar-refractivity contribution is 0.104. The largest absolute Gasteiger partial charge is 0.450 e. The van der Waals surface area contributed by atoms with Gasteiger partial charge in [0.15, 0.2) is 0 Å². The van der Waals surface area contributed by atoms with Crippen LogP contribution in [-0.4, -0.2) is 30.7 Å². The van der Waals surface area contributed by atoms with E-state index in [1.807, 2.05) is 30.0 Å². The van der Waals surface area contributed by atoms with Crippen LogP contribution in [0, 0.1) is 0 Å². The summed E-state index contributed by atoms with van der Waals surface area (Å²) in [5.41, 5.74) is 7.97. The van der Waals surface area contributed by atoms with Crippen molar-refractivity contribution in [3.05, 3.63) is 75.9 Å². The van der Waals surface area contributed by atoms with E-state index in [2.05, 4.69) is 31.7 Å². The number of amides is 1. The highest BCUT2D eigenvalue weighted by Gasteiger charge is 2.25. The van der Waals surface area contributed by atoms with E-state index in [9.17, 15) is 4.79 Å². The second kappa shape index (κ2) is 9.29. The summed E-state index contributed by atoms with van der Waals surface area (Å²) >= 11 is 6.29. The number of halogens is 1. The van der Waals surface area contributed by atoms with Gasteiger partial charge < -0.3 is 9.64 Å². The van der Waals surface area contributed by atoms with Crippen molar-refractivity contribution in [3.63, 3.8) is 0 Å². The molecule has 1 fully saturated rings. The van der Waals surface area contributed by atoms with Crippen LogP contribution < -0.4 is 0 Å². The smallest absolute Gasteiger partial charge is 0.409 e. The van der Waals surface area contributed by atoms with Gasteiger partial charge in [-0.3, -0.25) is 0 Å². The van der Waals surface area contributed by atoms with Gasteiger partial charge >= 0.3 is 6.09 Å². The molecule has 1 saturated heterocycles. The molecule has 0 aromatic heterocycles. The lowest BCUT2D eigenvalue weighted by Crippen LogP contribution is -2.37. The number of benzene rings is 1. The fraction of sp³-hybridized carbons (Fsp3) is 0.375. The molecule has 1 amide bonds. The van der Waals surface area contributed by atoms with Crippen LogP contribution in [-0.2, 0) is 11.2 Å². The Morgan fingerprint density at radius 1 is 1.25 bits per heavy atom. The van der Waals surface area contributed by atoms with E-state index in [4.69, 9.17) is 16.3 Å². The summed E-state index contributed by atoms with van der Waals surface area (Å²) in [7, 11) is 0. The molecule has 3 rings (SSSR count). The number of nitrogens with zero attached hydrogens (tertiary/aromatic N) is 1. The topological polar surface area (TPSA) is 29.5 Å². The first-order chi connectivity index (χ1) is 13.5. The predicted octanol–water partition coefficient (Wildman–Crippen LogP) is 6.35. The molecule has 28 heavy (non-hydrogen) atoms. The van der Waals surface area contributed by atoms with Gasteiger partial charge in [-0.2, -0.15) is 0 Å². The van der Waals surface area contributed by atoms with Crippen LogP contribution in [0.25, 0.3) is 5.57 Å². The number of piperidine rings is 1. The van der Waals surface area contributed by atoms with Crippen molar-refractivity contribution in [2.75, 3.05) is 19.7 Å². The standard InChI is InChI=1S/C24H28ClNO2/c1-4-6-7-18-8-9-20-16-21(25)10-11-22(20)23(17(18)3)19-12-14-26(15-13-19)24(27)28-5-2/h4,6-7,10-11,16H,1,5,8-9,12-15H2,2-3H3/b7-6-. The Labute approximate surface area is 173 Å². The molecule has 1 heterocycles. The third-order valence-corrected chi connectivity index (χ3v) is 5.77. The Morgan fingerprint density at radius 3 is 2.68 bits per heavy atom. The van der Waals surface area contributed by atoms with Crippen LogP contribution >= 0.6 is 11.6 Å². The van der Waals surface area contributed by atoms with E-state index in [-0.39, 0.29) is 6.09 Å². The highest BCUT2D eigenvalue weighted by Crippen LogP contribution is 2.40. The average molecular weight is 398 g/mol. The van der Waals surface area contributed by atoms with E-state index < -0.39 is 0 Å². The Bertz CT molecular complexity index is 853. The van der Waals surface area contributed by atoms with E-state index in [1.54, 1.807) is 0 Å². The highest BCUT2D eigenvalue weighted by atomic mass is 35.5. The Hall–Kier alpha value is -2.26. The number of ether oxygens (including phenoxy) is 1. The Balaban J connectivity index is 2.01. The molecule has 3 nitrogen and oxygen atoms in total. The van der Waals surface area contributed by atoms with Gasteiger partial charge in [0.25, 0.3) is 0 Å². The monoisotopic (exact) mass is 397 g/mol. The summed E-state index contributed by atoms with van der Waals surface area (Å²) in [6.07, 6.45) is 9.47. The van der Waals surface area contributed by atoms with Gasteiger partial charge in [0.05, 0.1) is 6.61 Å². The minimum atomic E-state index is -0.207. The minimum absolute atomic E-state index is 0.207. The molecule has 0 spiro atoms. The van der Waals surface area contributed by atoms with Gasteiger partial charge in [-0.1, -0.05) is 48.0 Å². The first-order valence-corrected chi connectivity index (χ1v) is 10.3. The van der Waals surface area contributed by atoms with Gasteiger partial charge in [0.1, 0.15) is 0 Å². The van der Waals surface area contributed by atoms with Crippen LogP contribution in [0.4, 0.5) is 4.79 Å². The van der Waals surface area contributed by atoms with Crippen LogP contribution in [0.3, 0.4) is 0 Å². The fourth-order valence-corrected chi connectivity index (χ4v) is 4.30. The minimum Gasteiger partial charge on any atom is -0.450 e. The molecule has 2 aliphatic rings. The zero-order chi connectivity index (χ0) is 20.1. The van der Waals surface area contributed by atoms with Gasteiger partial charge in [-0.05, 0) is 79.5 Å². The summed E-state index contributed by atoms with van der Waals surface area (Å²) in [5.74, 6) is 0. The number of fused-ring (bicyclic) bond motifs is 1. The van der Waals surface area contributed by atoms with Crippen LogP contribution in [0.1, 0.15) is 44.2 Å². The highest BCUT2D eigenvalue weighted by molar-refractivity contribution is 6.30. The molecular formula is C24H28ClNO2. The molecule has 148 valence electrons. The summed E-state index contributed by atoms with van der Waals surface area (Å²) < 4.78 is 5.16. The lowest BCUT2D eigenvalue weighted by Gasteiger charge is -2.30. The maximum Gasteiger partial charge on any atom is 0.409 e. The van der Waals surface area contributed by atoms with Gasteiger partial charge in [-0.25, -0.2) is 4.79 Å². The number of likely N-dealkylation sites (tertiary alicyclic amines) is 1. The third kappa shape index (κ3) is 4.41. The molecule has 4 heteroatoms. The summed E-state index contributed by atoms with van der Waals surface area (Å²) in [5, 5.41) is 0.781. The summed E-state index contributed by atoms with van der Waals surface area (Å²) in [6.45, 7) is 9.68. The number of aryl methyl sites for hydroxylation is 1. The normalized spacial score (nSPS) is 17.6. The molecule has 1 aliphatic carbocycles. The third-order valence-electron chi connectivity index (χ3n) is 5.54. The molecule has 0 bridgehead atoms. The lowest BCUT2D eigenvalue weighted by atomic mass is 9.86. The Morgan fingerprint density at radius 2 is 2.00 bits per heavy atom. The predicted molar refractivity (Wildman–Crippen MR) is 117 cm³/mol. The van der Waals surface area contributed by atoms with Gasteiger partial charge in [-0.15, -0.1) is 0 Å². The van der Waals surface area contributed by atoms with Crippen LogP contribution in [0.2, 0.25) is 5.02 Å². The quantitative estimate of drug-likeness (QED) is 0.556. The Kier molecular flexibility index (Phi) is 6.79. The van der Waals surface area contributed by atoms with Gasteiger partial charge in [0, 0.05) is 18.1 Å². The maximum absolute atomic E-state index is 12.1. The molecule has 1 aromatic carbocycles. The van der Waals surface area contributed by atoms with Crippen molar-refractivity contribution in [2.45, 2.75) is 39.5 Å². The van der Waals surface area contributed by atoms with Crippen LogP contribution in [0.15, 0.2) is 59.7 Å². The number of rotatable bonds is 3. The molecule has 0 radical (unpaired) electrons. The molecule has 0 saturated carbocycles. The van der Waals surface area contributed by atoms with E-state index in [0.29, 0.717) is 19.7 Å². The van der Waals surface area contributed by atoms with Crippen molar-refractivity contribution >= 4 is 23.3 Å². The molecule has 0 N–H and O–H groups in total. The number of carbonyl (C=O) groups excluding carboxylic acids is 1. The summed E-state index contributed by atoms with van der Waals surface area (Å²) in [6, 6.07) is 6.23. The SMILES string of the molecule is C=C/C=C\C1=C(C)C(=C2CCN(C(=O)OCC)CC2)c2ccc(Cl)cc2CC1. The number of allylic oxidation sites excluding steroid dienone is 6. The fourth-order valence-electron chi connectivity index (χ4n) is 4.10. The molecule has 1 aromatic rings. The van der Waals surface area contributed by atoms with E-state index >= 15 is 0 Å². The maximum atomic E-state index is 12.1. The first kappa shape index (κ1) is 20.5. The zero-order valence-corrected chi connectivity index (χ0v) is 17.5. The number of hydrogen-bond acceptors (Lipinski definition) is 2. The summed E-state index contributed by atoms with van der Waals surface area (Å²) in [4.78, 5) is 13.9. The number of hydrogen-bond donors (Lipinski definition) is 0. The van der Waals surface area contributed by atoms with Gasteiger partial charge in [0.2, 0.25) is 0 Å². The zero-order valence-electron chi connectivity index (χ0n) is 16.8. The van der Waals surface area contributed by atoms with E-state index in [0.717, 1.165) is 30.7 Å².